The van der Waals surface area contributed by atoms with Crippen LogP contribution in [0.2, 0.25) is 0 Å². The summed E-state index contributed by atoms with van der Waals surface area (Å²) in [5, 5.41) is 0.883. The molecule has 1 fully saturated rings. The first-order valence-electron chi connectivity index (χ1n) is 10.5. The Balaban J connectivity index is 1.29. The second-order valence-electron chi connectivity index (χ2n) is 7.68. The van der Waals surface area contributed by atoms with Gasteiger partial charge in [-0.25, -0.2) is 19.9 Å². The van der Waals surface area contributed by atoms with Gasteiger partial charge in [0, 0.05) is 50.2 Å². The van der Waals surface area contributed by atoms with Gasteiger partial charge in [-0.3, -0.25) is 9.36 Å². The molecule has 0 unspecified atom stereocenters. The summed E-state index contributed by atoms with van der Waals surface area (Å²) in [6.45, 7) is 6.51. The molecular formula is C23H23N7OS. The van der Waals surface area contributed by atoms with E-state index in [0.717, 1.165) is 45.9 Å². The van der Waals surface area contributed by atoms with Gasteiger partial charge >= 0.3 is 0 Å². The molecule has 5 rings (SSSR count). The van der Waals surface area contributed by atoms with Crippen molar-refractivity contribution in [2.75, 3.05) is 31.1 Å². The fraction of sp³-hybridized carbons (Fsp3) is 0.261. The zero-order valence-electron chi connectivity index (χ0n) is 18.0. The van der Waals surface area contributed by atoms with Crippen molar-refractivity contribution in [2.45, 2.75) is 13.8 Å². The molecule has 0 N–H and O–H groups in total. The Morgan fingerprint density at radius 2 is 1.72 bits per heavy atom. The summed E-state index contributed by atoms with van der Waals surface area (Å²) < 4.78 is 1.87. The zero-order chi connectivity index (χ0) is 22.1. The van der Waals surface area contributed by atoms with Crippen LogP contribution in [-0.2, 0) is 0 Å². The van der Waals surface area contributed by atoms with Crippen LogP contribution in [0.3, 0.4) is 0 Å². The lowest BCUT2D eigenvalue weighted by atomic mass is 10.2. The van der Waals surface area contributed by atoms with Crippen LogP contribution in [0.5, 0.6) is 0 Å². The molecule has 0 atom stereocenters. The lowest BCUT2D eigenvalue weighted by Gasteiger charge is -2.35. The predicted octanol–water partition coefficient (Wildman–Crippen LogP) is 3.37. The maximum atomic E-state index is 13.2. The second kappa shape index (κ2) is 8.51. The molecule has 0 radical (unpaired) electrons. The average molecular weight is 446 g/mol. The van der Waals surface area contributed by atoms with E-state index in [2.05, 4.69) is 24.8 Å². The van der Waals surface area contributed by atoms with E-state index in [4.69, 9.17) is 0 Å². The quantitative estimate of drug-likeness (QED) is 0.479. The van der Waals surface area contributed by atoms with Crippen molar-refractivity contribution >= 4 is 23.1 Å². The Labute approximate surface area is 190 Å². The maximum absolute atomic E-state index is 13.2. The number of hydrogen-bond acceptors (Lipinski definition) is 7. The Morgan fingerprint density at radius 3 is 2.44 bits per heavy atom. The van der Waals surface area contributed by atoms with Crippen LogP contribution in [0, 0.1) is 13.8 Å². The van der Waals surface area contributed by atoms with Gasteiger partial charge in [0.2, 0.25) is 0 Å². The first-order valence-corrected chi connectivity index (χ1v) is 11.3. The standard InChI is InChI=1S/C23H23N7OS/c1-16-21(32-22(25-16)18-6-4-3-5-7-18)23(31)29-12-10-28(11-13-29)19-14-20(27-17(2)26-19)30-9-8-24-15-30/h3-9,14-15H,10-13H2,1-2H3. The number of nitrogens with zero attached hydrogens (tertiary/aromatic N) is 7. The Bertz CT molecular complexity index is 1230. The zero-order valence-corrected chi connectivity index (χ0v) is 18.8. The number of benzene rings is 1. The topological polar surface area (TPSA) is 80.0 Å². The number of anilines is 1. The molecule has 0 spiro atoms. The number of rotatable bonds is 4. The number of thiazole rings is 1. The summed E-state index contributed by atoms with van der Waals surface area (Å²) in [6.07, 6.45) is 5.32. The van der Waals surface area contributed by atoms with E-state index in [9.17, 15) is 4.79 Å². The van der Waals surface area contributed by atoms with E-state index < -0.39 is 0 Å². The lowest BCUT2D eigenvalue weighted by Crippen LogP contribution is -2.49. The normalized spacial score (nSPS) is 14.1. The molecule has 3 aromatic heterocycles. The third kappa shape index (κ3) is 3.99. The predicted molar refractivity (Wildman–Crippen MR) is 124 cm³/mol. The number of carbonyl (C=O) groups is 1. The van der Waals surface area contributed by atoms with Crippen LogP contribution >= 0.6 is 11.3 Å². The Morgan fingerprint density at radius 1 is 0.969 bits per heavy atom. The third-order valence-electron chi connectivity index (χ3n) is 5.48. The van der Waals surface area contributed by atoms with Gasteiger partial charge in [0.1, 0.15) is 33.7 Å². The van der Waals surface area contributed by atoms with Gasteiger partial charge in [0.25, 0.3) is 5.91 Å². The number of piperazine rings is 1. The molecule has 1 aromatic carbocycles. The van der Waals surface area contributed by atoms with Crippen LogP contribution in [0.4, 0.5) is 5.82 Å². The van der Waals surface area contributed by atoms with E-state index in [1.165, 1.54) is 11.3 Å². The van der Waals surface area contributed by atoms with Crippen LogP contribution in [0.1, 0.15) is 21.2 Å². The fourth-order valence-electron chi connectivity index (χ4n) is 3.81. The molecule has 1 aliphatic heterocycles. The van der Waals surface area contributed by atoms with Gasteiger partial charge in [0.15, 0.2) is 0 Å². The first-order chi connectivity index (χ1) is 15.6. The second-order valence-corrected chi connectivity index (χ2v) is 8.68. The molecule has 1 saturated heterocycles. The number of amides is 1. The number of aromatic nitrogens is 5. The van der Waals surface area contributed by atoms with Gasteiger partial charge < -0.3 is 9.80 Å². The number of carbonyl (C=O) groups excluding carboxylic acids is 1. The summed E-state index contributed by atoms with van der Waals surface area (Å²) in [5.41, 5.74) is 1.83. The highest BCUT2D eigenvalue weighted by atomic mass is 32.1. The molecule has 32 heavy (non-hydrogen) atoms. The van der Waals surface area contributed by atoms with Gasteiger partial charge in [-0.1, -0.05) is 30.3 Å². The van der Waals surface area contributed by atoms with Gasteiger partial charge in [-0.15, -0.1) is 11.3 Å². The molecule has 1 aliphatic rings. The van der Waals surface area contributed by atoms with Crippen molar-refractivity contribution < 1.29 is 4.79 Å². The number of hydrogen-bond donors (Lipinski definition) is 0. The minimum Gasteiger partial charge on any atom is -0.353 e. The molecule has 0 bridgehead atoms. The van der Waals surface area contributed by atoms with Crippen LogP contribution in [0.15, 0.2) is 55.1 Å². The highest BCUT2D eigenvalue weighted by Crippen LogP contribution is 2.29. The molecule has 0 saturated carbocycles. The van der Waals surface area contributed by atoms with Crippen molar-refractivity contribution in [3.05, 3.63) is 71.5 Å². The minimum atomic E-state index is 0.0554. The van der Waals surface area contributed by atoms with Crippen molar-refractivity contribution in [3.8, 4) is 16.4 Å². The van der Waals surface area contributed by atoms with E-state index in [-0.39, 0.29) is 5.91 Å². The van der Waals surface area contributed by atoms with Crippen LogP contribution < -0.4 is 4.90 Å². The third-order valence-corrected chi connectivity index (χ3v) is 6.68. The van der Waals surface area contributed by atoms with Crippen LogP contribution in [-0.4, -0.2) is 61.5 Å². The molecular weight excluding hydrogens is 422 g/mol. The van der Waals surface area contributed by atoms with Crippen LogP contribution in [0.25, 0.3) is 16.4 Å². The van der Waals surface area contributed by atoms with E-state index >= 15 is 0 Å². The van der Waals surface area contributed by atoms with E-state index in [0.29, 0.717) is 18.9 Å². The maximum Gasteiger partial charge on any atom is 0.265 e. The molecule has 1 amide bonds. The van der Waals surface area contributed by atoms with E-state index in [1.54, 1.807) is 12.5 Å². The molecule has 8 nitrogen and oxygen atoms in total. The minimum absolute atomic E-state index is 0.0554. The number of imidazole rings is 1. The molecule has 0 aliphatic carbocycles. The average Bonchev–Trinajstić information content (AvgIpc) is 3.49. The fourth-order valence-corrected chi connectivity index (χ4v) is 4.85. The smallest absolute Gasteiger partial charge is 0.265 e. The van der Waals surface area contributed by atoms with Crippen molar-refractivity contribution in [1.29, 1.82) is 0 Å². The van der Waals surface area contributed by atoms with Gasteiger partial charge in [0.05, 0.1) is 5.69 Å². The Hall–Kier alpha value is -3.59. The first kappa shape index (κ1) is 20.3. The van der Waals surface area contributed by atoms with Crippen molar-refractivity contribution in [3.63, 3.8) is 0 Å². The number of aryl methyl sites for hydroxylation is 2. The molecule has 9 heteroatoms. The van der Waals surface area contributed by atoms with Crippen molar-refractivity contribution in [1.82, 2.24) is 29.4 Å². The monoisotopic (exact) mass is 445 g/mol. The summed E-state index contributed by atoms with van der Waals surface area (Å²) in [6, 6.07) is 12.0. The van der Waals surface area contributed by atoms with Gasteiger partial charge in [-0.05, 0) is 13.8 Å². The summed E-state index contributed by atoms with van der Waals surface area (Å²) in [7, 11) is 0. The van der Waals surface area contributed by atoms with Crippen molar-refractivity contribution in [2.24, 2.45) is 0 Å². The lowest BCUT2D eigenvalue weighted by molar-refractivity contribution is 0.0750. The molecule has 162 valence electrons. The van der Waals surface area contributed by atoms with Gasteiger partial charge in [-0.2, -0.15) is 0 Å². The molecule has 4 aromatic rings. The van der Waals surface area contributed by atoms with E-state index in [1.807, 2.05) is 65.9 Å². The SMILES string of the molecule is Cc1nc(N2CCN(C(=O)c3sc(-c4ccccc4)nc3C)CC2)cc(-n2ccnc2)n1. The summed E-state index contributed by atoms with van der Waals surface area (Å²) in [4.78, 5) is 35.9. The highest BCUT2D eigenvalue weighted by Gasteiger charge is 2.26. The summed E-state index contributed by atoms with van der Waals surface area (Å²) in [5.74, 6) is 2.42. The molecule has 4 heterocycles. The highest BCUT2D eigenvalue weighted by molar-refractivity contribution is 7.17. The summed E-state index contributed by atoms with van der Waals surface area (Å²) >= 11 is 1.47. The largest absolute Gasteiger partial charge is 0.353 e. The Kier molecular flexibility index (Phi) is 5.40.